The molecule has 1 heterocycles. The van der Waals surface area contributed by atoms with Gasteiger partial charge in [0.15, 0.2) is 5.13 Å². The highest BCUT2D eigenvalue weighted by atomic mass is 32.1. The normalized spacial score (nSPS) is 10.8. The molecule has 0 bridgehead atoms. The zero-order valence-electron chi connectivity index (χ0n) is 11.0. The molecule has 0 saturated heterocycles. The summed E-state index contributed by atoms with van der Waals surface area (Å²) in [6, 6.07) is 10.2. The van der Waals surface area contributed by atoms with E-state index in [4.69, 9.17) is 0 Å². The Balaban J connectivity index is 1.96. The van der Waals surface area contributed by atoms with E-state index in [1.807, 2.05) is 24.3 Å². The molecule has 0 unspecified atom stereocenters. The van der Waals surface area contributed by atoms with Crippen LogP contribution < -0.4 is 4.90 Å². The van der Waals surface area contributed by atoms with Gasteiger partial charge in [-0.1, -0.05) is 23.5 Å². The number of anilines is 1. The van der Waals surface area contributed by atoms with E-state index in [2.05, 4.69) is 4.98 Å². The Hall–Kier alpha value is -2.34. The predicted molar refractivity (Wildman–Crippen MR) is 78.7 cm³/mol. The number of hydrogen-bond acceptors (Lipinski definition) is 3. The average Bonchev–Trinajstić information content (AvgIpc) is 2.88. The third kappa shape index (κ3) is 2.62. The molecule has 0 spiro atoms. The maximum Gasteiger partial charge on any atom is 0.260 e. The first-order valence-electron chi connectivity index (χ1n) is 6.14. The van der Waals surface area contributed by atoms with E-state index in [9.17, 15) is 13.6 Å². The minimum absolute atomic E-state index is 0.0470. The van der Waals surface area contributed by atoms with Gasteiger partial charge in [-0.2, -0.15) is 0 Å². The Morgan fingerprint density at radius 2 is 1.81 bits per heavy atom. The van der Waals surface area contributed by atoms with Crippen LogP contribution in [0.3, 0.4) is 0 Å². The molecule has 106 valence electrons. The van der Waals surface area contributed by atoms with Gasteiger partial charge >= 0.3 is 0 Å². The first-order chi connectivity index (χ1) is 10.0. The molecular weight excluding hydrogens is 294 g/mol. The number of hydrogen-bond donors (Lipinski definition) is 0. The van der Waals surface area contributed by atoms with E-state index in [0.29, 0.717) is 5.13 Å². The number of carbonyl (C=O) groups excluding carboxylic acids is 1. The molecule has 1 amide bonds. The Morgan fingerprint density at radius 1 is 1.14 bits per heavy atom. The van der Waals surface area contributed by atoms with Gasteiger partial charge in [-0.15, -0.1) is 0 Å². The van der Waals surface area contributed by atoms with Crippen LogP contribution in [0.25, 0.3) is 10.2 Å². The Labute approximate surface area is 123 Å². The van der Waals surface area contributed by atoms with E-state index in [1.54, 1.807) is 0 Å². The van der Waals surface area contributed by atoms with Crippen molar-refractivity contribution in [3.63, 3.8) is 0 Å². The average molecular weight is 304 g/mol. The highest BCUT2D eigenvalue weighted by Crippen LogP contribution is 2.28. The molecule has 0 aliphatic carbocycles. The van der Waals surface area contributed by atoms with E-state index in [1.165, 1.54) is 23.3 Å². The fraction of sp³-hybridized carbons (Fsp3) is 0.0667. The van der Waals surface area contributed by atoms with Crippen LogP contribution in [-0.2, 0) is 0 Å². The van der Waals surface area contributed by atoms with E-state index < -0.39 is 17.5 Å². The van der Waals surface area contributed by atoms with Gasteiger partial charge in [0.05, 0.1) is 10.2 Å². The minimum Gasteiger partial charge on any atom is -0.287 e. The van der Waals surface area contributed by atoms with E-state index >= 15 is 0 Å². The summed E-state index contributed by atoms with van der Waals surface area (Å²) in [6.07, 6.45) is 0. The second kappa shape index (κ2) is 5.21. The van der Waals surface area contributed by atoms with Crippen molar-refractivity contribution >= 4 is 32.6 Å². The third-order valence-electron chi connectivity index (χ3n) is 2.98. The lowest BCUT2D eigenvalue weighted by Crippen LogP contribution is -2.26. The van der Waals surface area contributed by atoms with Crippen molar-refractivity contribution in [1.82, 2.24) is 4.98 Å². The van der Waals surface area contributed by atoms with Gasteiger partial charge in [-0.05, 0) is 24.3 Å². The highest BCUT2D eigenvalue weighted by molar-refractivity contribution is 7.22. The number of nitrogens with zero attached hydrogens (tertiary/aromatic N) is 2. The molecule has 0 radical (unpaired) electrons. The number of benzene rings is 2. The molecular formula is C15H10F2N2OS. The van der Waals surface area contributed by atoms with Gasteiger partial charge in [0.1, 0.15) is 11.6 Å². The first-order valence-corrected chi connectivity index (χ1v) is 6.96. The predicted octanol–water partition coefficient (Wildman–Crippen LogP) is 3.85. The van der Waals surface area contributed by atoms with Gasteiger partial charge < -0.3 is 0 Å². The van der Waals surface area contributed by atoms with Gasteiger partial charge in [-0.3, -0.25) is 9.69 Å². The quantitative estimate of drug-likeness (QED) is 0.720. The van der Waals surface area contributed by atoms with Crippen molar-refractivity contribution in [2.45, 2.75) is 0 Å². The summed E-state index contributed by atoms with van der Waals surface area (Å²) < 4.78 is 27.3. The van der Waals surface area contributed by atoms with Crippen molar-refractivity contribution in [3.8, 4) is 0 Å². The monoisotopic (exact) mass is 304 g/mol. The Morgan fingerprint density at radius 3 is 2.48 bits per heavy atom. The number of thiazole rings is 1. The van der Waals surface area contributed by atoms with E-state index in [-0.39, 0.29) is 5.56 Å². The van der Waals surface area contributed by atoms with Crippen molar-refractivity contribution in [2.24, 2.45) is 0 Å². The summed E-state index contributed by atoms with van der Waals surface area (Å²) in [4.78, 5) is 17.9. The number of halogens is 2. The number of rotatable bonds is 2. The molecule has 0 N–H and O–H groups in total. The Kier molecular flexibility index (Phi) is 3.39. The van der Waals surface area contributed by atoms with Crippen LogP contribution >= 0.6 is 11.3 Å². The van der Waals surface area contributed by atoms with E-state index in [0.717, 1.165) is 28.4 Å². The molecule has 1 aromatic heterocycles. The van der Waals surface area contributed by atoms with Crippen LogP contribution in [0.2, 0.25) is 0 Å². The van der Waals surface area contributed by atoms with Gasteiger partial charge in [0.2, 0.25) is 0 Å². The summed E-state index contributed by atoms with van der Waals surface area (Å²) in [5.41, 5.74) is 0.733. The van der Waals surface area contributed by atoms with Crippen molar-refractivity contribution in [3.05, 3.63) is 59.7 Å². The van der Waals surface area contributed by atoms with Crippen LogP contribution in [-0.4, -0.2) is 17.9 Å². The lowest BCUT2D eigenvalue weighted by atomic mass is 10.2. The number of fused-ring (bicyclic) bond motifs is 1. The van der Waals surface area contributed by atoms with Crippen LogP contribution in [0.4, 0.5) is 13.9 Å². The van der Waals surface area contributed by atoms with Gasteiger partial charge in [0.25, 0.3) is 5.91 Å². The highest BCUT2D eigenvalue weighted by Gasteiger charge is 2.18. The second-order valence-electron chi connectivity index (χ2n) is 4.49. The number of carbonyl (C=O) groups is 1. The first kappa shape index (κ1) is 13.6. The minimum atomic E-state index is -0.781. The smallest absolute Gasteiger partial charge is 0.260 e. The third-order valence-corrected chi connectivity index (χ3v) is 4.10. The zero-order chi connectivity index (χ0) is 15.0. The number of amides is 1. The number of para-hydroxylation sites is 1. The Bertz CT molecular complexity index is 778. The maximum absolute atomic E-state index is 13.2. The van der Waals surface area contributed by atoms with Gasteiger partial charge in [0, 0.05) is 18.7 Å². The summed E-state index contributed by atoms with van der Waals surface area (Å²) in [6.45, 7) is 0. The van der Waals surface area contributed by atoms with Crippen LogP contribution in [0.15, 0.2) is 42.5 Å². The van der Waals surface area contributed by atoms with Crippen molar-refractivity contribution in [1.29, 1.82) is 0 Å². The van der Waals surface area contributed by atoms with Crippen LogP contribution in [0.5, 0.6) is 0 Å². The summed E-state index contributed by atoms with van der Waals surface area (Å²) in [5, 5.41) is 0.478. The largest absolute Gasteiger partial charge is 0.287 e. The lowest BCUT2D eigenvalue weighted by Gasteiger charge is -2.13. The summed E-state index contributed by atoms with van der Waals surface area (Å²) in [5.74, 6) is -2.07. The topological polar surface area (TPSA) is 33.2 Å². The molecule has 3 nitrogen and oxygen atoms in total. The fourth-order valence-corrected chi connectivity index (χ4v) is 2.89. The second-order valence-corrected chi connectivity index (χ2v) is 5.50. The number of aromatic nitrogens is 1. The molecule has 0 atom stereocenters. The maximum atomic E-state index is 13.2. The molecule has 0 aliphatic rings. The molecule has 0 saturated carbocycles. The SMILES string of the molecule is CN(C(=O)c1cc(F)cc(F)c1)c1nc2ccccc2s1. The molecule has 2 aromatic carbocycles. The fourth-order valence-electron chi connectivity index (χ4n) is 1.96. The molecule has 6 heteroatoms. The molecule has 0 aliphatic heterocycles. The van der Waals surface area contributed by atoms with Gasteiger partial charge in [-0.25, -0.2) is 13.8 Å². The van der Waals surface area contributed by atoms with Crippen LogP contribution in [0, 0.1) is 11.6 Å². The lowest BCUT2D eigenvalue weighted by molar-refractivity contribution is 0.0992. The molecule has 3 aromatic rings. The molecule has 21 heavy (non-hydrogen) atoms. The van der Waals surface area contributed by atoms with Crippen molar-refractivity contribution in [2.75, 3.05) is 11.9 Å². The zero-order valence-corrected chi connectivity index (χ0v) is 11.8. The molecule has 0 fully saturated rings. The summed E-state index contributed by atoms with van der Waals surface area (Å²) >= 11 is 1.34. The molecule has 3 rings (SSSR count). The van der Waals surface area contributed by atoms with Crippen LogP contribution in [0.1, 0.15) is 10.4 Å². The standard InChI is InChI=1S/C15H10F2N2OS/c1-19(14(20)9-6-10(16)8-11(17)7-9)15-18-12-4-2-3-5-13(12)21-15/h2-8H,1H3. The van der Waals surface area contributed by atoms with Crippen molar-refractivity contribution < 1.29 is 13.6 Å². The summed E-state index contributed by atoms with van der Waals surface area (Å²) in [7, 11) is 1.53.